The van der Waals surface area contributed by atoms with Crippen LogP contribution in [0.5, 0.6) is 0 Å². The third kappa shape index (κ3) is 3.16. The first-order chi connectivity index (χ1) is 9.45. The number of carbonyl (C=O) groups is 1. The number of benzene rings is 1. The molecule has 0 aliphatic rings. The maximum absolute atomic E-state index is 13.2. The van der Waals surface area contributed by atoms with Crippen molar-refractivity contribution in [3.05, 3.63) is 29.7 Å². The van der Waals surface area contributed by atoms with Gasteiger partial charge in [-0.2, -0.15) is 0 Å². The molecule has 0 fully saturated rings. The zero-order chi connectivity index (χ0) is 14.7. The van der Waals surface area contributed by atoms with Gasteiger partial charge in [0.05, 0.1) is 11.2 Å². The molecule has 1 aromatic heterocycles. The lowest BCUT2D eigenvalue weighted by Crippen LogP contribution is -2.25. The van der Waals surface area contributed by atoms with Gasteiger partial charge >= 0.3 is 5.97 Å². The minimum absolute atomic E-state index is 0.123. The van der Waals surface area contributed by atoms with Gasteiger partial charge in [-0.1, -0.05) is 0 Å². The maximum atomic E-state index is 13.2. The topological polar surface area (TPSA) is 113 Å². The normalized spacial score (nSPS) is 11.6. The maximum Gasteiger partial charge on any atom is 0.325 e. The highest BCUT2D eigenvalue weighted by atomic mass is 19.1. The molecule has 2 rings (SSSR count). The van der Waals surface area contributed by atoms with Gasteiger partial charge in [-0.05, 0) is 19.1 Å². The molecular weight excluding hydrogens is 265 g/mol. The molecule has 4 N–H and O–H groups in total. The highest BCUT2D eigenvalue weighted by Gasteiger charge is 2.06. The Kier molecular flexibility index (Phi) is 3.74. The predicted molar refractivity (Wildman–Crippen MR) is 72.0 cm³/mol. The standard InChI is InChI=1S/C12H12FN5O2/c1-6-8-3-2-7(13)4-9(8)17-12(16-6)18-11(14)15-5-10(19)20/h2-4H,5H2,1H3,(H,19,20)(H3,14,15,16,17,18). The smallest absolute Gasteiger partial charge is 0.325 e. The first-order valence-electron chi connectivity index (χ1n) is 5.68. The Labute approximate surface area is 113 Å². The van der Waals surface area contributed by atoms with E-state index in [-0.39, 0.29) is 11.9 Å². The van der Waals surface area contributed by atoms with Crippen LogP contribution < -0.4 is 11.1 Å². The number of rotatable bonds is 3. The summed E-state index contributed by atoms with van der Waals surface area (Å²) in [5.41, 5.74) is 6.56. The Hall–Kier alpha value is -2.77. The summed E-state index contributed by atoms with van der Waals surface area (Å²) < 4.78 is 13.2. The Morgan fingerprint density at radius 3 is 2.95 bits per heavy atom. The van der Waals surface area contributed by atoms with Crippen molar-refractivity contribution < 1.29 is 14.3 Å². The summed E-state index contributed by atoms with van der Waals surface area (Å²) >= 11 is 0. The van der Waals surface area contributed by atoms with Crippen molar-refractivity contribution >= 4 is 28.8 Å². The van der Waals surface area contributed by atoms with Gasteiger partial charge < -0.3 is 10.8 Å². The number of carboxylic acid groups (broad SMARTS) is 1. The van der Waals surface area contributed by atoms with E-state index in [9.17, 15) is 9.18 Å². The highest BCUT2D eigenvalue weighted by Crippen LogP contribution is 2.18. The van der Waals surface area contributed by atoms with Crippen LogP contribution in [0.15, 0.2) is 23.2 Å². The van der Waals surface area contributed by atoms with Crippen LogP contribution in [-0.2, 0) is 4.79 Å². The van der Waals surface area contributed by atoms with E-state index in [1.165, 1.54) is 12.1 Å². The molecule has 104 valence electrons. The summed E-state index contributed by atoms with van der Waals surface area (Å²) in [5.74, 6) is -1.50. The minimum atomic E-state index is -1.10. The summed E-state index contributed by atoms with van der Waals surface area (Å²) in [7, 11) is 0. The van der Waals surface area contributed by atoms with E-state index in [0.29, 0.717) is 11.2 Å². The second-order valence-electron chi connectivity index (χ2n) is 4.01. The number of halogens is 1. The number of aliphatic imine (C=N–C) groups is 1. The molecule has 0 amide bonds. The minimum Gasteiger partial charge on any atom is -0.480 e. The lowest BCUT2D eigenvalue weighted by atomic mass is 10.2. The molecule has 0 aliphatic heterocycles. The first kappa shape index (κ1) is 13.7. The monoisotopic (exact) mass is 277 g/mol. The van der Waals surface area contributed by atoms with Crippen LogP contribution in [-0.4, -0.2) is 33.5 Å². The predicted octanol–water partition coefficient (Wildman–Crippen LogP) is 0.889. The molecule has 0 unspecified atom stereocenters. The molecule has 7 nitrogen and oxygen atoms in total. The second kappa shape index (κ2) is 5.47. The average molecular weight is 277 g/mol. The number of nitrogens with zero attached hydrogens (tertiary/aromatic N) is 3. The van der Waals surface area contributed by atoms with Crippen molar-refractivity contribution in [3.63, 3.8) is 0 Å². The molecule has 2 aromatic rings. The molecule has 0 bridgehead atoms. The summed E-state index contributed by atoms with van der Waals surface area (Å²) in [6.07, 6.45) is 0. The first-order valence-corrected chi connectivity index (χ1v) is 5.68. The molecule has 0 aliphatic carbocycles. The van der Waals surface area contributed by atoms with Crippen LogP contribution in [0.3, 0.4) is 0 Å². The van der Waals surface area contributed by atoms with E-state index in [1.807, 2.05) is 0 Å². The van der Waals surface area contributed by atoms with Gasteiger partial charge in [-0.3, -0.25) is 10.1 Å². The van der Waals surface area contributed by atoms with Crippen molar-refractivity contribution in [2.45, 2.75) is 6.92 Å². The lowest BCUT2D eigenvalue weighted by molar-refractivity contribution is -0.135. The third-order valence-electron chi connectivity index (χ3n) is 2.47. The number of hydrogen-bond acceptors (Lipinski definition) is 4. The van der Waals surface area contributed by atoms with Gasteiger partial charge in [-0.15, -0.1) is 0 Å². The van der Waals surface area contributed by atoms with Crippen LogP contribution in [0.4, 0.5) is 10.3 Å². The molecule has 0 saturated carbocycles. The Morgan fingerprint density at radius 1 is 1.50 bits per heavy atom. The Balaban J connectivity index is 2.31. The number of nitrogens with one attached hydrogen (secondary N) is 1. The molecule has 1 aromatic carbocycles. The molecular formula is C12H12FN5O2. The van der Waals surface area contributed by atoms with Crippen molar-refractivity contribution in [3.8, 4) is 0 Å². The van der Waals surface area contributed by atoms with Gasteiger partial charge in [0, 0.05) is 11.5 Å². The summed E-state index contributed by atoms with van der Waals surface area (Å²) in [4.78, 5) is 22.2. The number of aryl methyl sites for hydroxylation is 1. The molecule has 0 spiro atoms. The average Bonchev–Trinajstić information content (AvgIpc) is 2.35. The fourth-order valence-electron chi connectivity index (χ4n) is 1.62. The van der Waals surface area contributed by atoms with Gasteiger partial charge in [0.2, 0.25) is 5.95 Å². The number of carboxylic acids is 1. The van der Waals surface area contributed by atoms with Crippen molar-refractivity contribution in [2.75, 3.05) is 11.9 Å². The summed E-state index contributed by atoms with van der Waals surface area (Å²) in [6, 6.07) is 4.19. The fraction of sp³-hybridized carbons (Fsp3) is 0.167. The Bertz CT molecular complexity index is 702. The zero-order valence-corrected chi connectivity index (χ0v) is 10.6. The van der Waals surface area contributed by atoms with Gasteiger partial charge in [-0.25, -0.2) is 19.4 Å². The molecule has 0 radical (unpaired) electrons. The van der Waals surface area contributed by atoms with E-state index < -0.39 is 18.3 Å². The van der Waals surface area contributed by atoms with Gasteiger partial charge in [0.1, 0.15) is 12.4 Å². The number of guanidine groups is 1. The molecule has 0 saturated heterocycles. The lowest BCUT2D eigenvalue weighted by Gasteiger charge is -2.07. The SMILES string of the molecule is Cc1nc(NC(N)=NCC(=O)O)nc2cc(F)ccc12. The van der Waals surface area contributed by atoms with Crippen LogP contribution in [0.1, 0.15) is 5.69 Å². The quantitative estimate of drug-likeness (QED) is 0.567. The fourth-order valence-corrected chi connectivity index (χ4v) is 1.62. The molecule has 0 atom stereocenters. The van der Waals surface area contributed by atoms with Crippen molar-refractivity contribution in [1.82, 2.24) is 9.97 Å². The number of aromatic nitrogens is 2. The van der Waals surface area contributed by atoms with E-state index >= 15 is 0 Å². The van der Waals surface area contributed by atoms with E-state index in [1.54, 1.807) is 13.0 Å². The van der Waals surface area contributed by atoms with Crippen LogP contribution in [0, 0.1) is 12.7 Å². The number of nitrogens with two attached hydrogens (primary N) is 1. The zero-order valence-electron chi connectivity index (χ0n) is 10.6. The van der Waals surface area contributed by atoms with Crippen LogP contribution in [0.25, 0.3) is 10.9 Å². The number of anilines is 1. The molecule has 20 heavy (non-hydrogen) atoms. The van der Waals surface area contributed by atoms with Gasteiger partial charge in [0.25, 0.3) is 0 Å². The molecule has 8 heteroatoms. The van der Waals surface area contributed by atoms with Crippen molar-refractivity contribution in [1.29, 1.82) is 0 Å². The van der Waals surface area contributed by atoms with E-state index in [0.717, 1.165) is 5.39 Å². The van der Waals surface area contributed by atoms with Crippen LogP contribution in [0.2, 0.25) is 0 Å². The molecule has 1 heterocycles. The third-order valence-corrected chi connectivity index (χ3v) is 2.47. The highest BCUT2D eigenvalue weighted by molar-refractivity contribution is 5.93. The van der Waals surface area contributed by atoms with Gasteiger partial charge in [0.15, 0.2) is 5.96 Å². The second-order valence-corrected chi connectivity index (χ2v) is 4.01. The van der Waals surface area contributed by atoms with Crippen molar-refractivity contribution in [2.24, 2.45) is 10.7 Å². The summed E-state index contributed by atoms with van der Waals surface area (Å²) in [6.45, 7) is 1.29. The number of aliphatic carboxylic acids is 1. The number of hydrogen-bond donors (Lipinski definition) is 3. The summed E-state index contributed by atoms with van der Waals surface area (Å²) in [5, 5.41) is 11.8. The van der Waals surface area contributed by atoms with Crippen LogP contribution >= 0.6 is 0 Å². The van der Waals surface area contributed by atoms with E-state index in [2.05, 4.69) is 20.3 Å². The van der Waals surface area contributed by atoms with E-state index in [4.69, 9.17) is 10.8 Å². The largest absolute Gasteiger partial charge is 0.480 e. The number of fused-ring (bicyclic) bond motifs is 1. The Morgan fingerprint density at radius 2 is 2.25 bits per heavy atom.